The summed E-state index contributed by atoms with van der Waals surface area (Å²) in [6.07, 6.45) is 2.27. The Morgan fingerprint density at radius 2 is 1.94 bits per heavy atom. The highest BCUT2D eigenvalue weighted by Gasteiger charge is 2.04. The van der Waals surface area contributed by atoms with E-state index in [9.17, 15) is 0 Å². The van der Waals surface area contributed by atoms with Crippen LogP contribution in [0, 0.1) is 0 Å². The lowest BCUT2D eigenvalue weighted by molar-refractivity contribution is 0.302. The zero-order valence-corrected chi connectivity index (χ0v) is 11.8. The molecule has 96 valence electrons. The van der Waals surface area contributed by atoms with E-state index >= 15 is 0 Å². The topological polar surface area (TPSA) is 21.3 Å². The Balaban J connectivity index is 2.31. The molecule has 0 spiro atoms. The summed E-state index contributed by atoms with van der Waals surface area (Å²) in [7, 11) is 0. The molecule has 0 saturated heterocycles. The Kier molecular flexibility index (Phi) is 6.71. The first-order valence-corrected chi connectivity index (χ1v) is 6.74. The molecule has 4 heteroatoms. The molecule has 0 atom stereocenters. The highest BCUT2D eigenvalue weighted by Crippen LogP contribution is 2.27. The molecule has 2 nitrogen and oxygen atoms in total. The normalized spacial score (nSPS) is 10.9. The van der Waals surface area contributed by atoms with Gasteiger partial charge in [-0.15, -0.1) is 0 Å². The largest absolute Gasteiger partial charge is 0.491 e. The molecule has 0 unspecified atom stereocenters. The minimum atomic E-state index is 0.556. The third-order valence-electron chi connectivity index (χ3n) is 2.67. The van der Waals surface area contributed by atoms with Crippen molar-refractivity contribution in [2.45, 2.75) is 32.7 Å². The number of benzene rings is 1. The van der Waals surface area contributed by atoms with E-state index in [1.165, 1.54) is 0 Å². The second-order valence-corrected chi connectivity index (χ2v) is 4.73. The quantitative estimate of drug-likeness (QED) is 0.755. The molecule has 1 aromatic rings. The summed E-state index contributed by atoms with van der Waals surface area (Å²) in [5, 5.41) is 4.60. The number of halogens is 2. The van der Waals surface area contributed by atoms with Crippen LogP contribution in [-0.4, -0.2) is 19.2 Å². The summed E-state index contributed by atoms with van der Waals surface area (Å²) in [6.45, 7) is 5.79. The molecule has 0 saturated carbocycles. The SMILES string of the molecule is CCC(CC)NCCOc1ccc(Cl)cc1Cl. The first-order chi connectivity index (χ1) is 8.17. The fourth-order valence-electron chi connectivity index (χ4n) is 1.59. The van der Waals surface area contributed by atoms with E-state index in [4.69, 9.17) is 27.9 Å². The van der Waals surface area contributed by atoms with Gasteiger partial charge in [-0.2, -0.15) is 0 Å². The minimum Gasteiger partial charge on any atom is -0.491 e. The maximum atomic E-state index is 6.00. The molecule has 0 heterocycles. The van der Waals surface area contributed by atoms with Gasteiger partial charge in [0, 0.05) is 17.6 Å². The molecule has 0 fully saturated rings. The number of hydrogen-bond donors (Lipinski definition) is 1. The molecular formula is C13H19Cl2NO. The number of rotatable bonds is 7. The van der Waals surface area contributed by atoms with Gasteiger partial charge >= 0.3 is 0 Å². The summed E-state index contributed by atoms with van der Waals surface area (Å²) >= 11 is 11.8. The lowest BCUT2D eigenvalue weighted by Gasteiger charge is -2.15. The van der Waals surface area contributed by atoms with E-state index in [1.807, 2.05) is 0 Å². The fourth-order valence-corrected chi connectivity index (χ4v) is 2.06. The van der Waals surface area contributed by atoms with Gasteiger partial charge in [-0.1, -0.05) is 37.0 Å². The molecule has 0 aliphatic carbocycles. The van der Waals surface area contributed by atoms with Crippen molar-refractivity contribution in [3.8, 4) is 5.75 Å². The van der Waals surface area contributed by atoms with E-state index in [-0.39, 0.29) is 0 Å². The summed E-state index contributed by atoms with van der Waals surface area (Å²) in [6, 6.07) is 5.82. The maximum Gasteiger partial charge on any atom is 0.138 e. The highest BCUT2D eigenvalue weighted by atomic mass is 35.5. The van der Waals surface area contributed by atoms with Crippen molar-refractivity contribution in [2.75, 3.05) is 13.2 Å². The predicted octanol–water partition coefficient (Wildman–Crippen LogP) is 4.15. The van der Waals surface area contributed by atoms with Gasteiger partial charge in [-0.3, -0.25) is 0 Å². The van der Waals surface area contributed by atoms with Gasteiger partial charge in [-0.25, -0.2) is 0 Å². The molecule has 1 N–H and O–H groups in total. The van der Waals surface area contributed by atoms with Gasteiger partial charge in [0.15, 0.2) is 0 Å². The van der Waals surface area contributed by atoms with Crippen molar-refractivity contribution in [3.63, 3.8) is 0 Å². The van der Waals surface area contributed by atoms with Crippen LogP contribution >= 0.6 is 23.2 Å². The van der Waals surface area contributed by atoms with Crippen LogP contribution in [0.15, 0.2) is 18.2 Å². The summed E-state index contributed by atoms with van der Waals surface area (Å²) < 4.78 is 5.58. The fraction of sp³-hybridized carbons (Fsp3) is 0.538. The lowest BCUT2D eigenvalue weighted by atomic mass is 10.2. The predicted molar refractivity (Wildman–Crippen MR) is 74.3 cm³/mol. The average Bonchev–Trinajstić information content (AvgIpc) is 2.32. The van der Waals surface area contributed by atoms with Crippen molar-refractivity contribution < 1.29 is 4.74 Å². The van der Waals surface area contributed by atoms with Gasteiger partial charge in [0.2, 0.25) is 0 Å². The number of hydrogen-bond acceptors (Lipinski definition) is 2. The first-order valence-electron chi connectivity index (χ1n) is 5.98. The summed E-state index contributed by atoms with van der Waals surface area (Å²) in [5.74, 6) is 0.683. The van der Waals surface area contributed by atoms with Crippen molar-refractivity contribution in [1.82, 2.24) is 5.32 Å². The van der Waals surface area contributed by atoms with Crippen LogP contribution in [0.1, 0.15) is 26.7 Å². The Hall–Kier alpha value is -0.440. The molecular weight excluding hydrogens is 257 g/mol. The Morgan fingerprint density at radius 1 is 1.24 bits per heavy atom. The Bertz CT molecular complexity index is 340. The zero-order valence-electron chi connectivity index (χ0n) is 10.3. The third kappa shape index (κ3) is 5.15. The van der Waals surface area contributed by atoms with Crippen molar-refractivity contribution in [1.29, 1.82) is 0 Å². The summed E-state index contributed by atoms with van der Waals surface area (Å²) in [4.78, 5) is 0. The standard InChI is InChI=1S/C13H19Cl2NO/c1-3-11(4-2)16-7-8-17-13-6-5-10(14)9-12(13)15/h5-6,9,11,16H,3-4,7-8H2,1-2H3. The molecule has 1 rings (SSSR count). The van der Waals surface area contributed by atoms with E-state index in [0.717, 1.165) is 19.4 Å². The van der Waals surface area contributed by atoms with Gasteiger partial charge in [0.25, 0.3) is 0 Å². The number of ether oxygens (including phenoxy) is 1. The molecule has 0 radical (unpaired) electrons. The van der Waals surface area contributed by atoms with Crippen LogP contribution in [0.25, 0.3) is 0 Å². The maximum absolute atomic E-state index is 6.00. The van der Waals surface area contributed by atoms with Crippen molar-refractivity contribution in [3.05, 3.63) is 28.2 Å². The molecule has 0 amide bonds. The van der Waals surface area contributed by atoms with E-state index in [1.54, 1.807) is 18.2 Å². The van der Waals surface area contributed by atoms with Crippen LogP contribution in [0.3, 0.4) is 0 Å². The Morgan fingerprint density at radius 3 is 2.53 bits per heavy atom. The summed E-state index contributed by atoms with van der Waals surface area (Å²) in [5.41, 5.74) is 0. The molecule has 0 bridgehead atoms. The second kappa shape index (κ2) is 7.80. The van der Waals surface area contributed by atoms with Crippen LogP contribution in [0.4, 0.5) is 0 Å². The van der Waals surface area contributed by atoms with E-state index in [2.05, 4.69) is 19.2 Å². The van der Waals surface area contributed by atoms with E-state index in [0.29, 0.717) is 28.4 Å². The van der Waals surface area contributed by atoms with Gasteiger partial charge in [0.1, 0.15) is 12.4 Å². The van der Waals surface area contributed by atoms with Crippen LogP contribution < -0.4 is 10.1 Å². The minimum absolute atomic E-state index is 0.556. The smallest absolute Gasteiger partial charge is 0.138 e. The molecule has 17 heavy (non-hydrogen) atoms. The molecule has 1 aromatic carbocycles. The van der Waals surface area contributed by atoms with Crippen LogP contribution in [0.2, 0.25) is 10.0 Å². The lowest BCUT2D eigenvalue weighted by Crippen LogP contribution is -2.31. The number of nitrogens with one attached hydrogen (secondary N) is 1. The molecule has 0 aliphatic rings. The van der Waals surface area contributed by atoms with Crippen molar-refractivity contribution in [2.24, 2.45) is 0 Å². The Labute approximate surface area is 113 Å². The third-order valence-corrected chi connectivity index (χ3v) is 3.20. The first kappa shape index (κ1) is 14.6. The zero-order chi connectivity index (χ0) is 12.7. The van der Waals surface area contributed by atoms with Crippen LogP contribution in [-0.2, 0) is 0 Å². The van der Waals surface area contributed by atoms with Crippen molar-refractivity contribution >= 4 is 23.2 Å². The van der Waals surface area contributed by atoms with Gasteiger partial charge in [0.05, 0.1) is 5.02 Å². The second-order valence-electron chi connectivity index (χ2n) is 3.89. The monoisotopic (exact) mass is 275 g/mol. The average molecular weight is 276 g/mol. The van der Waals surface area contributed by atoms with Crippen LogP contribution in [0.5, 0.6) is 5.75 Å². The van der Waals surface area contributed by atoms with E-state index < -0.39 is 0 Å². The highest BCUT2D eigenvalue weighted by molar-refractivity contribution is 6.35. The molecule has 0 aromatic heterocycles. The molecule has 0 aliphatic heterocycles. The van der Waals surface area contributed by atoms with Gasteiger partial charge < -0.3 is 10.1 Å². The van der Waals surface area contributed by atoms with Gasteiger partial charge in [-0.05, 0) is 31.0 Å².